The summed E-state index contributed by atoms with van der Waals surface area (Å²) in [6.45, 7) is 0. The van der Waals surface area contributed by atoms with Crippen LogP contribution in [0.5, 0.6) is 11.5 Å². The van der Waals surface area contributed by atoms with Crippen LogP contribution < -0.4 is 15.2 Å². The van der Waals surface area contributed by atoms with Crippen molar-refractivity contribution >= 4 is 11.5 Å². The van der Waals surface area contributed by atoms with Crippen molar-refractivity contribution in [3.05, 3.63) is 53.6 Å². The van der Waals surface area contributed by atoms with Crippen molar-refractivity contribution in [2.45, 2.75) is 6.42 Å². The molecule has 20 heavy (non-hydrogen) atoms. The SMILES string of the molecule is COc1ccc(CC(=O)c2ccc(N)cc2)cc1OC. The van der Waals surface area contributed by atoms with Gasteiger partial charge in [0.1, 0.15) is 0 Å². The molecule has 0 heterocycles. The number of nitrogen functional groups attached to an aromatic ring is 1. The normalized spacial score (nSPS) is 10.1. The van der Waals surface area contributed by atoms with Crippen LogP contribution in [0.25, 0.3) is 0 Å². The highest BCUT2D eigenvalue weighted by Gasteiger charge is 2.10. The molecule has 0 aliphatic rings. The third-order valence-electron chi connectivity index (χ3n) is 3.05. The third-order valence-corrected chi connectivity index (χ3v) is 3.05. The fourth-order valence-electron chi connectivity index (χ4n) is 1.95. The van der Waals surface area contributed by atoms with E-state index >= 15 is 0 Å². The molecule has 0 aliphatic heterocycles. The van der Waals surface area contributed by atoms with E-state index in [0.717, 1.165) is 5.56 Å². The minimum absolute atomic E-state index is 0.0391. The molecule has 2 aromatic rings. The summed E-state index contributed by atoms with van der Waals surface area (Å²) in [6, 6.07) is 12.4. The van der Waals surface area contributed by atoms with Gasteiger partial charge in [-0.2, -0.15) is 0 Å². The molecule has 0 saturated heterocycles. The number of hydrogen-bond donors (Lipinski definition) is 1. The summed E-state index contributed by atoms with van der Waals surface area (Å²) in [5.41, 5.74) is 7.78. The molecule has 0 fully saturated rings. The van der Waals surface area contributed by atoms with Gasteiger partial charge in [0.2, 0.25) is 0 Å². The third kappa shape index (κ3) is 3.09. The zero-order valence-corrected chi connectivity index (χ0v) is 11.6. The number of benzene rings is 2. The quantitative estimate of drug-likeness (QED) is 0.671. The van der Waals surface area contributed by atoms with Crippen LogP contribution in [0.15, 0.2) is 42.5 Å². The van der Waals surface area contributed by atoms with E-state index in [9.17, 15) is 4.79 Å². The fraction of sp³-hybridized carbons (Fsp3) is 0.188. The zero-order valence-electron chi connectivity index (χ0n) is 11.6. The molecule has 0 amide bonds. The predicted molar refractivity (Wildman–Crippen MR) is 78.4 cm³/mol. The summed E-state index contributed by atoms with van der Waals surface area (Å²) in [5, 5.41) is 0. The first kappa shape index (κ1) is 13.9. The van der Waals surface area contributed by atoms with Gasteiger partial charge >= 0.3 is 0 Å². The van der Waals surface area contributed by atoms with Crippen LogP contribution >= 0.6 is 0 Å². The molecule has 0 bridgehead atoms. The highest BCUT2D eigenvalue weighted by molar-refractivity contribution is 5.97. The van der Waals surface area contributed by atoms with Gasteiger partial charge in [-0.25, -0.2) is 0 Å². The van der Waals surface area contributed by atoms with Crippen molar-refractivity contribution < 1.29 is 14.3 Å². The van der Waals surface area contributed by atoms with Crippen molar-refractivity contribution in [2.75, 3.05) is 20.0 Å². The van der Waals surface area contributed by atoms with Gasteiger partial charge in [-0.3, -0.25) is 4.79 Å². The average Bonchev–Trinajstić information content (AvgIpc) is 2.47. The molecule has 4 heteroatoms. The Balaban J connectivity index is 2.17. The molecule has 0 unspecified atom stereocenters. The highest BCUT2D eigenvalue weighted by atomic mass is 16.5. The van der Waals surface area contributed by atoms with Crippen LogP contribution in [0, 0.1) is 0 Å². The maximum Gasteiger partial charge on any atom is 0.167 e. The Bertz CT molecular complexity index is 606. The largest absolute Gasteiger partial charge is 0.493 e. The summed E-state index contributed by atoms with van der Waals surface area (Å²) in [5.74, 6) is 1.31. The minimum atomic E-state index is 0.0391. The van der Waals surface area contributed by atoms with Crippen LogP contribution in [0.1, 0.15) is 15.9 Å². The Morgan fingerprint density at radius 3 is 2.25 bits per heavy atom. The van der Waals surface area contributed by atoms with Crippen LogP contribution in [-0.4, -0.2) is 20.0 Å². The molecular weight excluding hydrogens is 254 g/mol. The average molecular weight is 271 g/mol. The van der Waals surface area contributed by atoms with E-state index in [2.05, 4.69) is 0 Å². The second kappa shape index (κ2) is 6.10. The maximum absolute atomic E-state index is 12.2. The second-order valence-electron chi connectivity index (χ2n) is 4.41. The molecule has 0 aromatic heterocycles. The van der Waals surface area contributed by atoms with Gasteiger partial charge in [-0.15, -0.1) is 0 Å². The summed E-state index contributed by atoms with van der Waals surface area (Å²) in [7, 11) is 3.15. The number of anilines is 1. The number of rotatable bonds is 5. The first-order chi connectivity index (χ1) is 9.63. The number of carbonyl (C=O) groups is 1. The lowest BCUT2D eigenvalue weighted by Gasteiger charge is -2.09. The molecule has 104 valence electrons. The van der Waals surface area contributed by atoms with Gasteiger partial charge in [0.05, 0.1) is 14.2 Å². The van der Waals surface area contributed by atoms with E-state index in [-0.39, 0.29) is 5.78 Å². The van der Waals surface area contributed by atoms with E-state index < -0.39 is 0 Å². The Labute approximate surface area is 118 Å². The number of ketones is 1. The van der Waals surface area contributed by atoms with Crippen LogP contribution in [0.4, 0.5) is 5.69 Å². The molecule has 2 aromatic carbocycles. The molecule has 4 nitrogen and oxygen atoms in total. The first-order valence-electron chi connectivity index (χ1n) is 6.23. The van der Waals surface area contributed by atoms with Gasteiger partial charge in [-0.1, -0.05) is 6.07 Å². The number of ether oxygens (including phenoxy) is 2. The second-order valence-corrected chi connectivity index (χ2v) is 4.41. The molecule has 2 N–H and O–H groups in total. The number of nitrogens with two attached hydrogens (primary N) is 1. The van der Waals surface area contributed by atoms with Gasteiger partial charge in [-0.05, 0) is 42.0 Å². The monoisotopic (exact) mass is 271 g/mol. The number of carbonyl (C=O) groups excluding carboxylic acids is 1. The molecule has 0 atom stereocenters. The number of methoxy groups -OCH3 is 2. The van der Waals surface area contributed by atoms with Gasteiger partial charge < -0.3 is 15.2 Å². The summed E-state index contributed by atoms with van der Waals surface area (Å²) < 4.78 is 10.4. The lowest BCUT2D eigenvalue weighted by molar-refractivity contribution is 0.0993. The van der Waals surface area contributed by atoms with E-state index in [0.29, 0.717) is 29.2 Å². The Morgan fingerprint density at radius 2 is 1.65 bits per heavy atom. The zero-order chi connectivity index (χ0) is 14.5. The maximum atomic E-state index is 12.2. The lowest BCUT2D eigenvalue weighted by Crippen LogP contribution is -2.04. The van der Waals surface area contributed by atoms with E-state index in [1.54, 1.807) is 44.6 Å². The number of hydrogen-bond acceptors (Lipinski definition) is 4. The molecule has 2 rings (SSSR count). The van der Waals surface area contributed by atoms with E-state index in [1.165, 1.54) is 0 Å². The Kier molecular flexibility index (Phi) is 4.25. The smallest absolute Gasteiger partial charge is 0.167 e. The Hall–Kier alpha value is -2.49. The summed E-state index contributed by atoms with van der Waals surface area (Å²) >= 11 is 0. The predicted octanol–water partition coefficient (Wildman–Crippen LogP) is 2.71. The van der Waals surface area contributed by atoms with Crippen LogP contribution in [0.2, 0.25) is 0 Å². The summed E-state index contributed by atoms with van der Waals surface area (Å²) in [6.07, 6.45) is 0.310. The molecule has 0 radical (unpaired) electrons. The standard InChI is InChI=1S/C16H17NO3/c1-19-15-8-3-11(10-16(15)20-2)9-14(18)12-4-6-13(17)7-5-12/h3-8,10H,9,17H2,1-2H3. The van der Waals surface area contributed by atoms with Crippen LogP contribution in [0.3, 0.4) is 0 Å². The van der Waals surface area contributed by atoms with Gasteiger partial charge in [0.25, 0.3) is 0 Å². The topological polar surface area (TPSA) is 61.5 Å². The van der Waals surface area contributed by atoms with Crippen molar-refractivity contribution in [2.24, 2.45) is 0 Å². The summed E-state index contributed by atoms with van der Waals surface area (Å²) in [4.78, 5) is 12.2. The Morgan fingerprint density at radius 1 is 1.00 bits per heavy atom. The molecular formula is C16H17NO3. The van der Waals surface area contributed by atoms with Crippen molar-refractivity contribution in [1.29, 1.82) is 0 Å². The lowest BCUT2D eigenvalue weighted by atomic mass is 10.0. The van der Waals surface area contributed by atoms with E-state index in [1.807, 2.05) is 12.1 Å². The van der Waals surface area contributed by atoms with Crippen molar-refractivity contribution in [1.82, 2.24) is 0 Å². The van der Waals surface area contributed by atoms with E-state index in [4.69, 9.17) is 15.2 Å². The molecule has 0 spiro atoms. The number of Topliss-reactive ketones (excluding diaryl/α,β-unsaturated/α-hetero) is 1. The van der Waals surface area contributed by atoms with Gasteiger partial charge in [0, 0.05) is 17.7 Å². The molecule has 0 aliphatic carbocycles. The fourth-order valence-corrected chi connectivity index (χ4v) is 1.95. The highest BCUT2D eigenvalue weighted by Crippen LogP contribution is 2.28. The van der Waals surface area contributed by atoms with Gasteiger partial charge in [0.15, 0.2) is 17.3 Å². The first-order valence-corrected chi connectivity index (χ1v) is 6.23. The van der Waals surface area contributed by atoms with Crippen LogP contribution in [-0.2, 0) is 6.42 Å². The minimum Gasteiger partial charge on any atom is -0.493 e. The molecule has 0 saturated carbocycles. The van der Waals surface area contributed by atoms with Crippen molar-refractivity contribution in [3.63, 3.8) is 0 Å². The van der Waals surface area contributed by atoms with Crippen molar-refractivity contribution in [3.8, 4) is 11.5 Å².